The molecule has 1 aliphatic carbocycles. The first-order valence-electron chi connectivity index (χ1n) is 7.51. The molecule has 0 spiro atoms. The minimum Gasteiger partial charge on any atom is -0.393 e. The van der Waals surface area contributed by atoms with E-state index in [9.17, 15) is 5.11 Å². The number of rotatable bonds is 8. The second-order valence-electron chi connectivity index (χ2n) is 5.60. The Morgan fingerprint density at radius 2 is 1.62 bits per heavy atom. The third-order valence-electron chi connectivity index (χ3n) is 3.97. The lowest BCUT2D eigenvalue weighted by Crippen LogP contribution is -2.19. The van der Waals surface area contributed by atoms with Crippen molar-refractivity contribution in [2.75, 3.05) is 0 Å². The summed E-state index contributed by atoms with van der Waals surface area (Å²) in [6, 6.07) is 0. The van der Waals surface area contributed by atoms with Crippen LogP contribution in [0.3, 0.4) is 0 Å². The smallest absolute Gasteiger partial charge is 0.0542 e. The predicted octanol–water partition coefficient (Wildman–Crippen LogP) is 4.68. The second-order valence-corrected chi connectivity index (χ2v) is 5.60. The first-order chi connectivity index (χ1) is 7.83. The molecule has 2 atom stereocenters. The van der Waals surface area contributed by atoms with Gasteiger partial charge in [-0.2, -0.15) is 0 Å². The number of hydrogen-bond acceptors (Lipinski definition) is 1. The first-order valence-corrected chi connectivity index (χ1v) is 7.51. The summed E-state index contributed by atoms with van der Waals surface area (Å²) in [6.07, 6.45) is 16.0. The predicted molar refractivity (Wildman–Crippen MR) is 70.6 cm³/mol. The van der Waals surface area contributed by atoms with Crippen molar-refractivity contribution in [1.82, 2.24) is 0 Å². The van der Waals surface area contributed by atoms with E-state index in [0.717, 1.165) is 18.8 Å². The zero-order valence-electron chi connectivity index (χ0n) is 11.1. The lowest BCUT2D eigenvalue weighted by Gasteiger charge is -2.25. The van der Waals surface area contributed by atoms with Crippen molar-refractivity contribution in [3.05, 3.63) is 0 Å². The van der Waals surface area contributed by atoms with Crippen LogP contribution in [0.2, 0.25) is 0 Å². The molecule has 1 saturated carbocycles. The standard InChI is InChI=1S/C15H30O/c1-2-3-4-5-6-7-8-10-14-11-9-12-15(16)13-14/h14-16H,2-13H2,1H3. The molecule has 16 heavy (non-hydrogen) atoms. The average Bonchev–Trinajstić information content (AvgIpc) is 2.28. The van der Waals surface area contributed by atoms with Gasteiger partial charge in [-0.15, -0.1) is 0 Å². The Labute approximate surface area is 102 Å². The van der Waals surface area contributed by atoms with Crippen LogP contribution in [-0.2, 0) is 0 Å². The lowest BCUT2D eigenvalue weighted by atomic mass is 9.84. The first kappa shape index (κ1) is 14.0. The Bertz CT molecular complexity index is 156. The fourth-order valence-electron chi connectivity index (χ4n) is 2.91. The van der Waals surface area contributed by atoms with Crippen LogP contribution in [-0.4, -0.2) is 11.2 Å². The number of hydrogen-bond donors (Lipinski definition) is 1. The highest BCUT2D eigenvalue weighted by molar-refractivity contribution is 4.71. The van der Waals surface area contributed by atoms with Gasteiger partial charge in [-0.25, -0.2) is 0 Å². The van der Waals surface area contributed by atoms with E-state index in [2.05, 4.69) is 6.92 Å². The number of aliphatic hydroxyl groups is 1. The van der Waals surface area contributed by atoms with Crippen LogP contribution in [0.1, 0.15) is 84.0 Å². The summed E-state index contributed by atoms with van der Waals surface area (Å²) in [7, 11) is 0. The van der Waals surface area contributed by atoms with Crippen LogP contribution in [0, 0.1) is 5.92 Å². The molecule has 0 bridgehead atoms. The third-order valence-corrected chi connectivity index (χ3v) is 3.97. The Hall–Kier alpha value is -0.0400. The molecule has 1 aliphatic rings. The summed E-state index contributed by atoms with van der Waals surface area (Å²) in [6.45, 7) is 2.27. The van der Waals surface area contributed by atoms with E-state index in [4.69, 9.17) is 0 Å². The Kier molecular flexibility index (Phi) is 7.92. The van der Waals surface area contributed by atoms with Gasteiger partial charge in [0.1, 0.15) is 0 Å². The van der Waals surface area contributed by atoms with Crippen molar-refractivity contribution in [1.29, 1.82) is 0 Å². The molecule has 0 heterocycles. The molecule has 0 aromatic carbocycles. The molecule has 0 aromatic rings. The van der Waals surface area contributed by atoms with Crippen LogP contribution in [0.5, 0.6) is 0 Å². The molecule has 96 valence electrons. The molecule has 1 nitrogen and oxygen atoms in total. The van der Waals surface area contributed by atoms with Crippen LogP contribution in [0.25, 0.3) is 0 Å². The fourth-order valence-corrected chi connectivity index (χ4v) is 2.91. The molecule has 1 heteroatoms. The Morgan fingerprint density at radius 1 is 0.938 bits per heavy atom. The summed E-state index contributed by atoms with van der Waals surface area (Å²) >= 11 is 0. The van der Waals surface area contributed by atoms with Gasteiger partial charge in [0.25, 0.3) is 0 Å². The van der Waals surface area contributed by atoms with Crippen LogP contribution in [0.4, 0.5) is 0 Å². The summed E-state index contributed by atoms with van der Waals surface area (Å²) in [5.41, 5.74) is 0. The molecular weight excluding hydrogens is 196 g/mol. The summed E-state index contributed by atoms with van der Waals surface area (Å²) < 4.78 is 0. The van der Waals surface area contributed by atoms with Crippen molar-refractivity contribution in [2.45, 2.75) is 90.1 Å². The second kappa shape index (κ2) is 9.04. The van der Waals surface area contributed by atoms with E-state index < -0.39 is 0 Å². The van der Waals surface area contributed by atoms with Crippen LogP contribution < -0.4 is 0 Å². The van der Waals surface area contributed by atoms with Gasteiger partial charge in [0.15, 0.2) is 0 Å². The fraction of sp³-hybridized carbons (Fsp3) is 1.00. The highest BCUT2D eigenvalue weighted by Gasteiger charge is 2.19. The van der Waals surface area contributed by atoms with Gasteiger partial charge in [-0.1, -0.05) is 71.1 Å². The SMILES string of the molecule is CCCCCCCCCC1CCCC(O)C1. The molecule has 1 fully saturated rings. The quantitative estimate of drug-likeness (QED) is 0.596. The van der Waals surface area contributed by atoms with E-state index in [-0.39, 0.29) is 6.10 Å². The third kappa shape index (κ3) is 6.52. The lowest BCUT2D eigenvalue weighted by molar-refractivity contribution is 0.0973. The topological polar surface area (TPSA) is 20.2 Å². The summed E-state index contributed by atoms with van der Waals surface area (Å²) in [5.74, 6) is 0.833. The zero-order chi connectivity index (χ0) is 11.6. The Balaban J connectivity index is 1.86. The van der Waals surface area contributed by atoms with Crippen molar-refractivity contribution in [3.63, 3.8) is 0 Å². The maximum absolute atomic E-state index is 9.58. The number of unbranched alkanes of at least 4 members (excludes halogenated alkanes) is 6. The highest BCUT2D eigenvalue weighted by atomic mass is 16.3. The van der Waals surface area contributed by atoms with E-state index in [1.807, 2.05) is 0 Å². The van der Waals surface area contributed by atoms with Gasteiger partial charge in [0.05, 0.1) is 6.10 Å². The summed E-state index contributed by atoms with van der Waals surface area (Å²) in [5, 5.41) is 9.58. The van der Waals surface area contributed by atoms with Gasteiger partial charge in [-0.3, -0.25) is 0 Å². The molecule has 1 rings (SSSR count). The minimum atomic E-state index is 0.0169. The number of aliphatic hydroxyl groups excluding tert-OH is 1. The molecule has 2 unspecified atom stereocenters. The van der Waals surface area contributed by atoms with E-state index >= 15 is 0 Å². The van der Waals surface area contributed by atoms with Gasteiger partial charge < -0.3 is 5.11 Å². The van der Waals surface area contributed by atoms with Crippen LogP contribution >= 0.6 is 0 Å². The molecular formula is C15H30O. The van der Waals surface area contributed by atoms with Gasteiger partial charge in [0.2, 0.25) is 0 Å². The maximum Gasteiger partial charge on any atom is 0.0542 e. The average molecular weight is 226 g/mol. The molecule has 0 saturated heterocycles. The molecule has 0 aliphatic heterocycles. The Morgan fingerprint density at radius 3 is 2.31 bits per heavy atom. The van der Waals surface area contributed by atoms with E-state index in [1.54, 1.807) is 0 Å². The van der Waals surface area contributed by atoms with Gasteiger partial charge in [-0.05, 0) is 18.8 Å². The van der Waals surface area contributed by atoms with E-state index in [0.29, 0.717) is 0 Å². The van der Waals surface area contributed by atoms with Gasteiger partial charge >= 0.3 is 0 Å². The van der Waals surface area contributed by atoms with Gasteiger partial charge in [0, 0.05) is 0 Å². The summed E-state index contributed by atoms with van der Waals surface area (Å²) in [4.78, 5) is 0. The van der Waals surface area contributed by atoms with Crippen molar-refractivity contribution >= 4 is 0 Å². The largest absolute Gasteiger partial charge is 0.393 e. The van der Waals surface area contributed by atoms with Crippen molar-refractivity contribution in [2.24, 2.45) is 5.92 Å². The van der Waals surface area contributed by atoms with E-state index in [1.165, 1.54) is 64.2 Å². The molecule has 0 radical (unpaired) electrons. The van der Waals surface area contributed by atoms with Crippen molar-refractivity contribution in [3.8, 4) is 0 Å². The highest BCUT2D eigenvalue weighted by Crippen LogP contribution is 2.28. The molecule has 0 amide bonds. The van der Waals surface area contributed by atoms with Crippen LogP contribution in [0.15, 0.2) is 0 Å². The zero-order valence-corrected chi connectivity index (χ0v) is 11.1. The maximum atomic E-state index is 9.58. The molecule has 0 aromatic heterocycles. The normalized spacial score (nSPS) is 25.9. The monoisotopic (exact) mass is 226 g/mol. The minimum absolute atomic E-state index is 0.0169. The van der Waals surface area contributed by atoms with Crippen molar-refractivity contribution < 1.29 is 5.11 Å². The molecule has 1 N–H and O–H groups in total.